The largest absolute Gasteiger partial charge is 0.338 e. The van der Waals surface area contributed by atoms with Gasteiger partial charge in [0.1, 0.15) is 6.54 Å². The third kappa shape index (κ3) is 3.60. The molecule has 2 aromatic carbocycles. The predicted octanol–water partition coefficient (Wildman–Crippen LogP) is 3.50. The first-order valence-corrected chi connectivity index (χ1v) is 10.9. The van der Waals surface area contributed by atoms with E-state index in [1.165, 1.54) is 0 Å². The van der Waals surface area contributed by atoms with E-state index in [1.54, 1.807) is 4.90 Å². The van der Waals surface area contributed by atoms with Crippen LogP contribution in [0.3, 0.4) is 0 Å². The van der Waals surface area contributed by atoms with Crippen molar-refractivity contribution in [2.45, 2.75) is 51.6 Å². The van der Waals surface area contributed by atoms with Gasteiger partial charge in [-0.25, -0.2) is 4.79 Å². The van der Waals surface area contributed by atoms with E-state index in [4.69, 9.17) is 0 Å². The second-order valence-electron chi connectivity index (χ2n) is 8.67. The quantitative estimate of drug-likeness (QED) is 0.771. The Balaban J connectivity index is 1.72. The minimum absolute atomic E-state index is 0.126. The average Bonchev–Trinajstić information content (AvgIpc) is 3.02. The van der Waals surface area contributed by atoms with Crippen molar-refractivity contribution in [3.05, 3.63) is 70.8 Å². The summed E-state index contributed by atoms with van der Waals surface area (Å²) in [6.45, 7) is 6.44. The molecule has 2 fully saturated rings. The lowest BCUT2D eigenvalue weighted by Crippen LogP contribution is -2.49. The van der Waals surface area contributed by atoms with Crippen LogP contribution in [0.1, 0.15) is 48.4 Å². The number of imide groups is 1. The summed E-state index contributed by atoms with van der Waals surface area (Å²) in [5, 5.41) is 2.93. The molecule has 2 saturated heterocycles. The molecule has 0 bridgehead atoms. The standard InChI is InChI=1S/C25H29N3O3/c1-17-12-13-21(15-18(17)2)25(20-10-5-4-6-11-20)23(30)28(24(31)26-25)16-22(29)27-14-8-7-9-19(27)3/h4-6,10-13,15,19H,7-9,14,16H2,1-3H3,(H,26,31)/t19-,25-/m1/s1. The summed E-state index contributed by atoms with van der Waals surface area (Å²) in [6, 6.07) is 14.6. The van der Waals surface area contributed by atoms with Crippen LogP contribution in [0.4, 0.5) is 4.79 Å². The number of amides is 4. The van der Waals surface area contributed by atoms with E-state index in [0.29, 0.717) is 17.7 Å². The first-order chi connectivity index (χ1) is 14.8. The summed E-state index contributed by atoms with van der Waals surface area (Å²) in [5.74, 6) is -0.593. The van der Waals surface area contributed by atoms with Gasteiger partial charge in [0, 0.05) is 12.6 Å². The van der Waals surface area contributed by atoms with Crippen LogP contribution in [-0.4, -0.2) is 46.8 Å². The van der Waals surface area contributed by atoms with E-state index in [1.807, 2.05) is 69.3 Å². The lowest BCUT2D eigenvalue weighted by molar-refractivity contribution is -0.140. The van der Waals surface area contributed by atoms with Gasteiger partial charge in [-0.05, 0) is 62.3 Å². The van der Waals surface area contributed by atoms with Crippen LogP contribution in [0.15, 0.2) is 48.5 Å². The first kappa shape index (κ1) is 21.1. The van der Waals surface area contributed by atoms with Crippen molar-refractivity contribution in [3.63, 3.8) is 0 Å². The van der Waals surface area contributed by atoms with Crippen LogP contribution in [0.2, 0.25) is 0 Å². The molecule has 0 unspecified atom stereocenters. The molecule has 2 aliphatic heterocycles. The van der Waals surface area contributed by atoms with Crippen molar-refractivity contribution >= 4 is 17.8 Å². The molecule has 0 spiro atoms. The number of nitrogens with zero attached hydrogens (tertiary/aromatic N) is 2. The highest BCUT2D eigenvalue weighted by molar-refractivity contribution is 6.11. The summed E-state index contributed by atoms with van der Waals surface area (Å²) in [4.78, 5) is 42.7. The molecule has 31 heavy (non-hydrogen) atoms. The molecule has 0 aliphatic carbocycles. The van der Waals surface area contributed by atoms with E-state index < -0.39 is 17.5 Å². The van der Waals surface area contributed by atoms with Crippen molar-refractivity contribution in [2.75, 3.05) is 13.1 Å². The number of hydrogen-bond acceptors (Lipinski definition) is 3. The van der Waals surface area contributed by atoms with Crippen LogP contribution in [0.5, 0.6) is 0 Å². The Morgan fingerprint density at radius 2 is 1.77 bits per heavy atom. The molecule has 2 aromatic rings. The number of urea groups is 1. The molecule has 4 amide bonds. The minimum atomic E-state index is -1.34. The van der Waals surface area contributed by atoms with Crippen LogP contribution >= 0.6 is 0 Å². The van der Waals surface area contributed by atoms with Crippen molar-refractivity contribution in [1.29, 1.82) is 0 Å². The molecule has 1 N–H and O–H groups in total. The van der Waals surface area contributed by atoms with Crippen LogP contribution in [0, 0.1) is 13.8 Å². The third-order valence-electron chi connectivity index (χ3n) is 6.67. The van der Waals surface area contributed by atoms with Crippen LogP contribution < -0.4 is 5.32 Å². The van der Waals surface area contributed by atoms with E-state index in [2.05, 4.69) is 5.32 Å². The Morgan fingerprint density at radius 1 is 1.03 bits per heavy atom. The summed E-state index contributed by atoms with van der Waals surface area (Å²) < 4.78 is 0. The van der Waals surface area contributed by atoms with Gasteiger partial charge in [0.05, 0.1) is 0 Å². The molecule has 0 aromatic heterocycles. The van der Waals surface area contributed by atoms with Crippen molar-refractivity contribution in [2.24, 2.45) is 0 Å². The lowest BCUT2D eigenvalue weighted by atomic mass is 9.81. The molecule has 0 saturated carbocycles. The van der Waals surface area contributed by atoms with Crippen LogP contribution in [-0.2, 0) is 15.1 Å². The molecular formula is C25H29N3O3. The zero-order valence-electron chi connectivity index (χ0n) is 18.4. The highest BCUT2D eigenvalue weighted by Gasteiger charge is 2.54. The van der Waals surface area contributed by atoms with Crippen molar-refractivity contribution in [3.8, 4) is 0 Å². The number of nitrogens with one attached hydrogen (secondary N) is 1. The number of likely N-dealkylation sites (tertiary alicyclic amines) is 1. The van der Waals surface area contributed by atoms with E-state index >= 15 is 0 Å². The number of hydrogen-bond donors (Lipinski definition) is 1. The Hall–Kier alpha value is -3.15. The summed E-state index contributed by atoms with van der Waals surface area (Å²) >= 11 is 0. The highest BCUT2D eigenvalue weighted by Crippen LogP contribution is 2.37. The number of aryl methyl sites for hydroxylation is 2. The van der Waals surface area contributed by atoms with E-state index in [0.717, 1.165) is 35.3 Å². The smallest absolute Gasteiger partial charge is 0.326 e. The Bertz CT molecular complexity index is 1020. The van der Waals surface area contributed by atoms with Gasteiger partial charge < -0.3 is 10.2 Å². The maximum Gasteiger partial charge on any atom is 0.326 e. The Kier molecular flexibility index (Phi) is 5.56. The van der Waals surface area contributed by atoms with Gasteiger partial charge in [-0.1, -0.05) is 48.5 Å². The van der Waals surface area contributed by atoms with Gasteiger partial charge in [0.2, 0.25) is 5.91 Å². The molecule has 162 valence electrons. The van der Waals surface area contributed by atoms with Gasteiger partial charge in [0.25, 0.3) is 5.91 Å². The molecular weight excluding hydrogens is 390 g/mol. The van der Waals surface area contributed by atoms with Gasteiger partial charge in [-0.2, -0.15) is 0 Å². The number of rotatable bonds is 4. The van der Waals surface area contributed by atoms with Crippen molar-refractivity contribution in [1.82, 2.24) is 15.1 Å². The summed E-state index contributed by atoms with van der Waals surface area (Å²) in [5.41, 5.74) is 2.17. The minimum Gasteiger partial charge on any atom is -0.338 e. The number of benzene rings is 2. The number of piperidine rings is 1. The fourth-order valence-electron chi connectivity index (χ4n) is 4.64. The number of carbonyl (C=O) groups is 3. The maximum absolute atomic E-state index is 13.8. The number of carbonyl (C=O) groups excluding carboxylic acids is 3. The monoisotopic (exact) mass is 419 g/mol. The second kappa shape index (κ2) is 8.17. The summed E-state index contributed by atoms with van der Waals surface area (Å²) in [7, 11) is 0. The van der Waals surface area contributed by atoms with E-state index in [9.17, 15) is 14.4 Å². The normalized spacial score (nSPS) is 23.8. The predicted molar refractivity (Wildman–Crippen MR) is 118 cm³/mol. The molecule has 6 nitrogen and oxygen atoms in total. The molecule has 4 rings (SSSR count). The zero-order chi connectivity index (χ0) is 22.2. The SMILES string of the molecule is Cc1ccc([C@@]2(c3ccccc3)NC(=O)N(CC(=O)N3CCCC[C@H]3C)C2=O)cc1C. The zero-order valence-corrected chi connectivity index (χ0v) is 18.4. The topological polar surface area (TPSA) is 69.7 Å². The summed E-state index contributed by atoms with van der Waals surface area (Å²) in [6.07, 6.45) is 2.99. The lowest BCUT2D eigenvalue weighted by Gasteiger charge is -2.34. The fraction of sp³-hybridized carbons (Fsp3) is 0.400. The van der Waals surface area contributed by atoms with Gasteiger partial charge in [0.15, 0.2) is 5.54 Å². The molecule has 2 atom stereocenters. The molecule has 2 heterocycles. The van der Waals surface area contributed by atoms with Gasteiger partial charge in [-0.15, -0.1) is 0 Å². The molecule has 0 radical (unpaired) electrons. The molecule has 2 aliphatic rings. The highest BCUT2D eigenvalue weighted by atomic mass is 16.2. The van der Waals surface area contributed by atoms with Crippen molar-refractivity contribution < 1.29 is 14.4 Å². The van der Waals surface area contributed by atoms with Gasteiger partial charge >= 0.3 is 6.03 Å². The molecule has 6 heteroatoms. The van der Waals surface area contributed by atoms with Gasteiger partial charge in [-0.3, -0.25) is 14.5 Å². The third-order valence-corrected chi connectivity index (χ3v) is 6.67. The van der Waals surface area contributed by atoms with Crippen LogP contribution in [0.25, 0.3) is 0 Å². The fourth-order valence-corrected chi connectivity index (χ4v) is 4.64. The Morgan fingerprint density at radius 3 is 2.45 bits per heavy atom. The first-order valence-electron chi connectivity index (χ1n) is 10.9. The van der Waals surface area contributed by atoms with E-state index in [-0.39, 0.29) is 18.5 Å². The average molecular weight is 420 g/mol. The Labute approximate surface area is 183 Å². The second-order valence-corrected chi connectivity index (χ2v) is 8.67. The maximum atomic E-state index is 13.8.